The lowest BCUT2D eigenvalue weighted by Gasteiger charge is -2.19. The summed E-state index contributed by atoms with van der Waals surface area (Å²) < 4.78 is 19.0. The van der Waals surface area contributed by atoms with Gasteiger partial charge in [0, 0.05) is 18.7 Å². The van der Waals surface area contributed by atoms with Gasteiger partial charge in [0.05, 0.1) is 39.6 Å². The number of fused-ring (bicyclic) bond motifs is 4. The molecule has 0 fully saturated rings. The Morgan fingerprint density at radius 1 is 1.07 bits per heavy atom. The van der Waals surface area contributed by atoms with Gasteiger partial charge < -0.3 is 30.2 Å². The molecule has 0 bridgehead atoms. The van der Waals surface area contributed by atoms with E-state index in [0.717, 1.165) is 11.1 Å². The molecule has 2 heterocycles. The maximum absolute atomic E-state index is 13.8. The summed E-state index contributed by atoms with van der Waals surface area (Å²) in [6, 6.07) is 11.4. The van der Waals surface area contributed by atoms with Crippen LogP contribution in [0.2, 0.25) is 0 Å². The normalized spacial score (nSPS) is 14.3. The van der Waals surface area contributed by atoms with E-state index in [1.807, 2.05) is 47.2 Å². The van der Waals surface area contributed by atoms with Crippen LogP contribution < -0.4 is 35.6 Å². The van der Waals surface area contributed by atoms with Crippen LogP contribution in [-0.2, 0) is 22.6 Å². The van der Waals surface area contributed by atoms with Gasteiger partial charge in [-0.05, 0) is 78.3 Å². The van der Waals surface area contributed by atoms with Crippen LogP contribution >= 0.6 is 11.8 Å². The maximum Gasteiger partial charge on any atom is 0.242 e. The van der Waals surface area contributed by atoms with Crippen molar-refractivity contribution in [1.29, 1.82) is 0 Å². The number of amides is 2. The van der Waals surface area contributed by atoms with E-state index in [0.29, 0.717) is 64.9 Å². The number of hydrogen-bond acceptors (Lipinski definition) is 10. The van der Waals surface area contributed by atoms with Crippen molar-refractivity contribution in [3.05, 3.63) is 75.8 Å². The Kier molecular flexibility index (Phi) is 10.3. The Balaban J connectivity index is 1.54. The molecule has 3 N–H and O–H groups in total. The molecule has 2 aromatic carbocycles. The highest BCUT2D eigenvalue weighted by Gasteiger charge is 2.30. The zero-order chi connectivity index (χ0) is 32.8. The number of methoxy groups -OCH3 is 3. The number of thioether (sulfide) groups is 1. The molecule has 4 aromatic rings. The van der Waals surface area contributed by atoms with Crippen LogP contribution in [0.15, 0.2) is 53.5 Å². The number of carbonyl (C=O) groups is 2. The van der Waals surface area contributed by atoms with Gasteiger partial charge in [-0.15, -0.1) is 10.2 Å². The van der Waals surface area contributed by atoms with Crippen molar-refractivity contribution in [3.8, 4) is 28.4 Å². The number of benzene rings is 1. The van der Waals surface area contributed by atoms with Crippen molar-refractivity contribution in [2.24, 2.45) is 0 Å². The SMILES string of the molecule is COc1cc2c(c(OC)c1OC)-c1ccc(N[C@@H](CCSC)C(=O)NCc3nnc4ccccn34)c(=O)cc1[C@H](NC(C)=O)CC2. The van der Waals surface area contributed by atoms with E-state index >= 15 is 0 Å². The Morgan fingerprint density at radius 2 is 1.87 bits per heavy atom. The smallest absolute Gasteiger partial charge is 0.242 e. The van der Waals surface area contributed by atoms with Crippen LogP contribution in [0.1, 0.15) is 42.8 Å². The van der Waals surface area contributed by atoms with E-state index in [-0.39, 0.29) is 29.5 Å². The average molecular weight is 647 g/mol. The first-order chi connectivity index (χ1) is 22.3. The van der Waals surface area contributed by atoms with Gasteiger partial charge in [-0.2, -0.15) is 11.8 Å². The van der Waals surface area contributed by atoms with Crippen molar-refractivity contribution < 1.29 is 23.8 Å². The van der Waals surface area contributed by atoms with E-state index in [9.17, 15) is 14.4 Å². The summed E-state index contributed by atoms with van der Waals surface area (Å²) in [5.74, 6) is 2.22. The van der Waals surface area contributed by atoms with Gasteiger partial charge in [0.1, 0.15) is 6.04 Å². The van der Waals surface area contributed by atoms with Crippen molar-refractivity contribution in [2.75, 3.05) is 38.7 Å². The summed E-state index contributed by atoms with van der Waals surface area (Å²) in [6.45, 7) is 1.62. The summed E-state index contributed by atoms with van der Waals surface area (Å²) in [5.41, 5.74) is 3.65. The molecule has 2 amide bonds. The Bertz CT molecular complexity index is 1810. The van der Waals surface area contributed by atoms with Gasteiger partial charge in [-0.25, -0.2) is 0 Å². The molecule has 0 radical (unpaired) electrons. The van der Waals surface area contributed by atoms with E-state index < -0.39 is 12.1 Å². The number of pyridine rings is 1. The highest BCUT2D eigenvalue weighted by molar-refractivity contribution is 7.98. The number of rotatable bonds is 12. The lowest BCUT2D eigenvalue weighted by molar-refractivity contribution is -0.122. The van der Waals surface area contributed by atoms with Crippen LogP contribution in [0, 0.1) is 0 Å². The van der Waals surface area contributed by atoms with Crippen molar-refractivity contribution in [2.45, 2.75) is 44.8 Å². The number of ether oxygens (including phenoxy) is 3. The van der Waals surface area contributed by atoms with Crippen molar-refractivity contribution >= 4 is 34.9 Å². The molecule has 1 aliphatic carbocycles. The fourth-order valence-electron chi connectivity index (χ4n) is 5.82. The summed E-state index contributed by atoms with van der Waals surface area (Å²) in [7, 11) is 4.66. The topological polar surface area (TPSA) is 145 Å². The van der Waals surface area contributed by atoms with Crippen LogP contribution in [-0.4, -0.2) is 65.8 Å². The summed E-state index contributed by atoms with van der Waals surface area (Å²) in [6.07, 6.45) is 5.41. The molecular weight excluding hydrogens is 608 g/mol. The van der Waals surface area contributed by atoms with Gasteiger partial charge in [-0.3, -0.25) is 18.8 Å². The molecule has 0 unspecified atom stereocenters. The molecule has 0 spiro atoms. The largest absolute Gasteiger partial charge is 0.493 e. The first-order valence-electron chi connectivity index (χ1n) is 14.9. The summed E-state index contributed by atoms with van der Waals surface area (Å²) in [5, 5.41) is 17.5. The van der Waals surface area contributed by atoms with Crippen molar-refractivity contribution in [3.63, 3.8) is 0 Å². The monoisotopic (exact) mass is 646 g/mol. The number of hydrogen-bond donors (Lipinski definition) is 3. The van der Waals surface area contributed by atoms with Gasteiger partial charge in [0.25, 0.3) is 0 Å². The standard InChI is InChI=1S/C33H38N6O6S/c1-19(40)35-23-11-9-20-16-27(43-2)31(44-3)32(45-4)30(20)21-10-12-24(26(41)17-22(21)23)36-25(13-15-46-5)33(42)34-18-29-38-37-28-8-6-7-14-39(28)29/h6-8,10,12,14,16-17,23,25H,9,11,13,15,18H2,1-5H3,(H,34,42)(H,35,40)(H,36,41)/t23-,25+/m1/s1. The number of aromatic nitrogens is 3. The average Bonchev–Trinajstić information content (AvgIpc) is 3.33. The lowest BCUT2D eigenvalue weighted by atomic mass is 9.95. The fraction of sp³-hybridized carbons (Fsp3) is 0.364. The molecule has 5 rings (SSSR count). The van der Waals surface area contributed by atoms with Gasteiger partial charge in [0.15, 0.2) is 23.0 Å². The van der Waals surface area contributed by atoms with Crippen LogP contribution in [0.3, 0.4) is 0 Å². The third-order valence-electron chi connectivity index (χ3n) is 7.98. The lowest BCUT2D eigenvalue weighted by Crippen LogP contribution is -2.40. The quantitative estimate of drug-likeness (QED) is 0.208. The number of anilines is 1. The molecule has 1 aliphatic rings. The molecule has 2 atom stereocenters. The van der Waals surface area contributed by atoms with E-state index in [1.165, 1.54) is 13.0 Å². The first-order valence-corrected chi connectivity index (χ1v) is 16.3. The molecular formula is C33H38N6O6S. The predicted octanol–water partition coefficient (Wildman–Crippen LogP) is 3.76. The van der Waals surface area contributed by atoms with E-state index in [1.54, 1.807) is 39.2 Å². The minimum absolute atomic E-state index is 0.169. The minimum Gasteiger partial charge on any atom is -0.493 e. The molecule has 0 saturated carbocycles. The number of nitrogens with zero attached hydrogens (tertiary/aromatic N) is 3. The molecule has 46 heavy (non-hydrogen) atoms. The second-order valence-electron chi connectivity index (χ2n) is 10.8. The number of nitrogens with one attached hydrogen (secondary N) is 3. The molecule has 0 saturated heterocycles. The summed E-state index contributed by atoms with van der Waals surface area (Å²) in [4.78, 5) is 39.6. The van der Waals surface area contributed by atoms with E-state index in [2.05, 4.69) is 26.1 Å². The fourth-order valence-corrected chi connectivity index (χ4v) is 6.29. The molecule has 2 aromatic heterocycles. The zero-order valence-corrected chi connectivity index (χ0v) is 27.3. The van der Waals surface area contributed by atoms with Gasteiger partial charge >= 0.3 is 0 Å². The summed E-state index contributed by atoms with van der Waals surface area (Å²) >= 11 is 1.61. The van der Waals surface area contributed by atoms with E-state index in [4.69, 9.17) is 14.2 Å². The second kappa shape index (κ2) is 14.5. The minimum atomic E-state index is -0.695. The number of carbonyl (C=O) groups excluding carboxylic acids is 2. The zero-order valence-electron chi connectivity index (χ0n) is 26.5. The first kappa shape index (κ1) is 32.6. The molecule has 13 heteroatoms. The van der Waals surface area contributed by atoms with Crippen LogP contribution in [0.5, 0.6) is 17.2 Å². The third-order valence-corrected chi connectivity index (χ3v) is 8.62. The van der Waals surface area contributed by atoms with Gasteiger partial charge in [-0.1, -0.05) is 12.1 Å². The number of aryl methyl sites for hydroxylation is 1. The highest BCUT2D eigenvalue weighted by atomic mass is 32.2. The van der Waals surface area contributed by atoms with Crippen LogP contribution in [0.25, 0.3) is 16.8 Å². The predicted molar refractivity (Wildman–Crippen MR) is 178 cm³/mol. The Hall–Kier alpha value is -4.78. The Morgan fingerprint density at radius 3 is 2.59 bits per heavy atom. The van der Waals surface area contributed by atoms with Crippen molar-refractivity contribution in [1.82, 2.24) is 25.2 Å². The Labute approximate surface area is 271 Å². The molecule has 12 nitrogen and oxygen atoms in total. The second-order valence-corrected chi connectivity index (χ2v) is 11.8. The molecule has 242 valence electrons. The molecule has 0 aliphatic heterocycles. The van der Waals surface area contributed by atoms with Crippen LogP contribution in [0.4, 0.5) is 5.69 Å². The maximum atomic E-state index is 13.8. The highest BCUT2D eigenvalue weighted by Crippen LogP contribution is 2.50. The third kappa shape index (κ3) is 6.74. The van der Waals surface area contributed by atoms with Gasteiger partial charge in [0.2, 0.25) is 23.0 Å².